The number of methoxy groups -OCH3 is 1. The zero-order valence-corrected chi connectivity index (χ0v) is 20.7. The molecule has 0 N–H and O–H groups in total. The number of hydrogen-bond donors (Lipinski definition) is 0. The second kappa shape index (κ2) is 10.3. The van der Waals surface area contributed by atoms with Gasteiger partial charge in [0.05, 0.1) is 28.7 Å². The summed E-state index contributed by atoms with van der Waals surface area (Å²) in [5.74, 6) is 1.11. The predicted octanol–water partition coefficient (Wildman–Crippen LogP) is 6.09. The first-order valence-electron chi connectivity index (χ1n) is 11.2. The van der Waals surface area contributed by atoms with Crippen LogP contribution < -0.4 is 4.74 Å². The molecule has 2 heterocycles. The van der Waals surface area contributed by atoms with Crippen molar-refractivity contribution in [3.63, 3.8) is 0 Å². The fourth-order valence-corrected chi connectivity index (χ4v) is 5.38. The van der Waals surface area contributed by atoms with Crippen LogP contribution in [0.3, 0.4) is 0 Å². The van der Waals surface area contributed by atoms with Crippen LogP contribution in [0.5, 0.6) is 5.75 Å². The summed E-state index contributed by atoms with van der Waals surface area (Å²) in [6.07, 6.45) is 4.92. The van der Waals surface area contributed by atoms with E-state index in [1.807, 2.05) is 31.2 Å². The van der Waals surface area contributed by atoms with Gasteiger partial charge in [-0.3, -0.25) is 4.79 Å². The number of ether oxygens (including phenoxy) is 1. The Labute approximate surface area is 208 Å². The fraction of sp³-hybridized carbons (Fsp3) is 0.346. The smallest absolute Gasteiger partial charge is 0.246 e. The summed E-state index contributed by atoms with van der Waals surface area (Å²) >= 11 is 13.3. The van der Waals surface area contributed by atoms with Crippen LogP contribution in [0.25, 0.3) is 22.0 Å². The van der Waals surface area contributed by atoms with Crippen LogP contribution in [0.1, 0.15) is 24.7 Å². The van der Waals surface area contributed by atoms with E-state index in [2.05, 4.69) is 11.6 Å². The van der Waals surface area contributed by atoms with Crippen molar-refractivity contribution in [2.75, 3.05) is 20.3 Å². The highest BCUT2D eigenvalue weighted by molar-refractivity contribution is 6.40. The molecular formula is C26H26Cl2FN3O2. The lowest BCUT2D eigenvalue weighted by molar-refractivity contribution is -0.127. The number of alkyl halides is 1. The number of carbonyl (C=O) groups is 1. The minimum atomic E-state index is -0.563. The highest BCUT2D eigenvalue weighted by atomic mass is 35.5. The van der Waals surface area contributed by atoms with E-state index >= 15 is 0 Å². The highest BCUT2D eigenvalue weighted by Crippen LogP contribution is 2.43. The molecule has 1 fully saturated rings. The van der Waals surface area contributed by atoms with E-state index in [9.17, 15) is 9.18 Å². The third kappa shape index (κ3) is 4.62. The first-order chi connectivity index (χ1) is 16.4. The minimum absolute atomic E-state index is 0.100. The number of likely N-dealkylation sites (tertiary alicyclic amines) is 1. The highest BCUT2D eigenvalue weighted by Gasteiger charge is 2.34. The molecule has 0 aliphatic carbocycles. The summed E-state index contributed by atoms with van der Waals surface area (Å²) in [6.45, 7) is 5.46. The Morgan fingerprint density at radius 1 is 1.32 bits per heavy atom. The van der Waals surface area contributed by atoms with Gasteiger partial charge < -0.3 is 9.64 Å². The molecular weight excluding hydrogens is 476 g/mol. The Kier molecular flexibility index (Phi) is 7.39. The standard InChI is InChI=1S/C26H26Cl2FN3O2/c1-4-16-11-21(34-3)26(28)24(25(16)27)17-6-7-20-18(10-17)13-30-22(31-20)9-15-8-19(12-29)32(14-15)23(33)5-2/h5-7,10-11,13,15,19H,2,4,8-9,12,14H2,1,3H3/t15-,19+/m1/s1. The number of nitrogens with zero attached hydrogens (tertiary/aromatic N) is 3. The second-order valence-corrected chi connectivity index (χ2v) is 9.22. The van der Waals surface area contributed by atoms with Crippen LogP contribution in [0, 0.1) is 5.92 Å². The lowest BCUT2D eigenvalue weighted by Crippen LogP contribution is -2.35. The number of hydrogen-bond acceptors (Lipinski definition) is 4. The summed E-state index contributed by atoms with van der Waals surface area (Å²) in [7, 11) is 1.58. The molecule has 1 aromatic heterocycles. The quantitative estimate of drug-likeness (QED) is 0.367. The van der Waals surface area contributed by atoms with Gasteiger partial charge in [0.25, 0.3) is 0 Å². The number of amides is 1. The van der Waals surface area contributed by atoms with Crippen molar-refractivity contribution < 1.29 is 13.9 Å². The molecule has 0 unspecified atom stereocenters. The molecule has 0 spiro atoms. The second-order valence-electron chi connectivity index (χ2n) is 8.46. The third-order valence-corrected chi connectivity index (χ3v) is 7.18. The summed E-state index contributed by atoms with van der Waals surface area (Å²) in [4.78, 5) is 22.8. The van der Waals surface area contributed by atoms with E-state index in [1.54, 1.807) is 18.2 Å². The zero-order chi connectivity index (χ0) is 24.4. The maximum atomic E-state index is 13.4. The van der Waals surface area contributed by atoms with Gasteiger partial charge in [0.15, 0.2) is 0 Å². The molecule has 34 heavy (non-hydrogen) atoms. The van der Waals surface area contributed by atoms with Crippen molar-refractivity contribution in [1.29, 1.82) is 0 Å². The monoisotopic (exact) mass is 501 g/mol. The molecule has 1 aliphatic rings. The van der Waals surface area contributed by atoms with Gasteiger partial charge in [0.2, 0.25) is 5.91 Å². The van der Waals surface area contributed by atoms with Crippen molar-refractivity contribution >= 4 is 40.0 Å². The topological polar surface area (TPSA) is 55.3 Å². The molecule has 4 rings (SSSR count). The van der Waals surface area contributed by atoms with E-state index < -0.39 is 12.7 Å². The fourth-order valence-electron chi connectivity index (χ4n) is 4.60. The number of halogens is 3. The van der Waals surface area contributed by atoms with Crippen LogP contribution in [0.2, 0.25) is 10.0 Å². The van der Waals surface area contributed by atoms with Crippen LogP contribution in [0.15, 0.2) is 43.1 Å². The van der Waals surface area contributed by atoms with Crippen molar-refractivity contribution in [3.8, 4) is 16.9 Å². The average Bonchev–Trinajstić information content (AvgIpc) is 3.26. The van der Waals surface area contributed by atoms with Crippen LogP contribution in [0.4, 0.5) is 4.39 Å². The van der Waals surface area contributed by atoms with Gasteiger partial charge >= 0.3 is 0 Å². The van der Waals surface area contributed by atoms with E-state index in [-0.39, 0.29) is 11.8 Å². The van der Waals surface area contributed by atoms with Gasteiger partial charge in [-0.25, -0.2) is 14.4 Å². The normalized spacial score (nSPS) is 17.9. The maximum Gasteiger partial charge on any atom is 0.246 e. The summed E-state index contributed by atoms with van der Waals surface area (Å²) in [6, 6.07) is 7.27. The number of benzene rings is 2. The van der Waals surface area contributed by atoms with Crippen LogP contribution >= 0.6 is 23.2 Å². The maximum absolute atomic E-state index is 13.4. The Hall–Kier alpha value is -2.70. The number of aryl methyl sites for hydroxylation is 1. The van der Waals surface area contributed by atoms with Gasteiger partial charge in [0.1, 0.15) is 18.2 Å². The van der Waals surface area contributed by atoms with Crippen LogP contribution in [-0.4, -0.2) is 47.1 Å². The Bertz CT molecular complexity index is 1220. The number of carbonyl (C=O) groups excluding carboxylic acids is 1. The molecule has 5 nitrogen and oxygen atoms in total. The van der Waals surface area contributed by atoms with Gasteiger partial charge in [-0.2, -0.15) is 0 Å². The van der Waals surface area contributed by atoms with Crippen molar-refractivity contribution in [1.82, 2.24) is 14.9 Å². The zero-order valence-electron chi connectivity index (χ0n) is 19.2. The number of aromatic nitrogens is 2. The van der Waals surface area contributed by atoms with E-state index in [0.717, 1.165) is 34.0 Å². The summed E-state index contributed by atoms with van der Waals surface area (Å²) in [5, 5.41) is 1.92. The van der Waals surface area contributed by atoms with E-state index in [4.69, 9.17) is 32.9 Å². The molecule has 1 amide bonds. The predicted molar refractivity (Wildman–Crippen MR) is 134 cm³/mol. The molecule has 178 valence electrons. The first kappa shape index (κ1) is 24.4. The number of fused-ring (bicyclic) bond motifs is 1. The molecule has 2 atom stereocenters. The van der Waals surface area contributed by atoms with Crippen molar-refractivity contribution in [2.45, 2.75) is 32.2 Å². The van der Waals surface area contributed by atoms with E-state index in [1.165, 1.54) is 6.08 Å². The molecule has 2 aromatic carbocycles. The lowest BCUT2D eigenvalue weighted by atomic mass is 9.99. The molecule has 0 saturated carbocycles. The summed E-state index contributed by atoms with van der Waals surface area (Å²) in [5.41, 5.74) is 3.32. The van der Waals surface area contributed by atoms with Crippen molar-refractivity contribution in [3.05, 3.63) is 64.6 Å². The number of rotatable bonds is 7. The van der Waals surface area contributed by atoms with Gasteiger partial charge in [-0.1, -0.05) is 42.8 Å². The molecule has 0 bridgehead atoms. The SMILES string of the molecule is C=CC(=O)N1C[C@@H](Cc2ncc3cc(-c4c(Cl)c(CC)cc(OC)c4Cl)ccc3n2)C[C@H]1CF. The Morgan fingerprint density at radius 2 is 2.12 bits per heavy atom. The van der Waals surface area contributed by atoms with Gasteiger partial charge in [-0.05, 0) is 54.2 Å². The van der Waals surface area contributed by atoms with Gasteiger partial charge in [-0.15, -0.1) is 0 Å². The van der Waals surface area contributed by atoms with Gasteiger partial charge in [0, 0.05) is 30.1 Å². The Morgan fingerprint density at radius 3 is 2.79 bits per heavy atom. The minimum Gasteiger partial charge on any atom is -0.495 e. The van der Waals surface area contributed by atoms with Crippen LogP contribution in [-0.2, 0) is 17.6 Å². The third-order valence-electron chi connectivity index (χ3n) is 6.37. The van der Waals surface area contributed by atoms with E-state index in [0.29, 0.717) is 41.0 Å². The molecule has 3 aromatic rings. The lowest BCUT2D eigenvalue weighted by Gasteiger charge is -2.20. The summed E-state index contributed by atoms with van der Waals surface area (Å²) < 4.78 is 18.9. The molecule has 8 heteroatoms. The molecule has 1 saturated heterocycles. The Balaban J connectivity index is 1.62. The largest absolute Gasteiger partial charge is 0.495 e. The molecule has 0 radical (unpaired) electrons. The van der Waals surface area contributed by atoms with Crippen molar-refractivity contribution in [2.24, 2.45) is 5.92 Å². The average molecular weight is 502 g/mol. The first-order valence-corrected chi connectivity index (χ1v) is 12.0. The molecule has 1 aliphatic heterocycles.